The van der Waals surface area contributed by atoms with Crippen molar-refractivity contribution in [2.24, 2.45) is 11.8 Å². The molecular weight excluding hydrogens is 482 g/mol. The molecule has 1 aliphatic carbocycles. The van der Waals surface area contributed by atoms with Crippen LogP contribution in [0.3, 0.4) is 0 Å². The number of hydrogen-bond donors (Lipinski definition) is 3. The molecule has 1 saturated carbocycles. The highest BCUT2D eigenvalue weighted by Crippen LogP contribution is 2.67. The van der Waals surface area contributed by atoms with Crippen LogP contribution in [0.2, 0.25) is 0 Å². The van der Waals surface area contributed by atoms with E-state index in [1.165, 1.54) is 6.42 Å². The van der Waals surface area contributed by atoms with Crippen LogP contribution >= 0.6 is 27.7 Å². The van der Waals surface area contributed by atoms with Crippen molar-refractivity contribution in [3.05, 3.63) is 0 Å². The molecule has 0 aromatic heterocycles. The average molecular weight is 517 g/mol. The van der Waals surface area contributed by atoms with Crippen LogP contribution in [-0.4, -0.2) is 73.8 Å². The van der Waals surface area contributed by atoms with Crippen molar-refractivity contribution in [2.45, 2.75) is 91.7 Å². The number of thioether (sulfide) groups is 1. The van der Waals surface area contributed by atoms with Gasteiger partial charge in [-0.1, -0.05) is 42.1 Å². The lowest BCUT2D eigenvalue weighted by atomic mass is 9.70. The van der Waals surface area contributed by atoms with Crippen molar-refractivity contribution in [3.8, 4) is 0 Å². The Labute approximate surface area is 197 Å². The summed E-state index contributed by atoms with van der Waals surface area (Å²) >= 11 is 5.41. The zero-order valence-corrected chi connectivity index (χ0v) is 20.7. The number of alkyl halides is 1. The minimum Gasteiger partial charge on any atom is -0.394 e. The van der Waals surface area contributed by atoms with E-state index in [-0.39, 0.29) is 40.4 Å². The zero-order valence-electron chi connectivity index (χ0n) is 18.3. The second kappa shape index (κ2) is 9.21. The number of fused-ring (bicyclic) bond motifs is 1. The van der Waals surface area contributed by atoms with Gasteiger partial charge in [0, 0.05) is 22.7 Å². The molecule has 3 aliphatic heterocycles. The van der Waals surface area contributed by atoms with Gasteiger partial charge in [0.15, 0.2) is 0 Å². The Balaban J connectivity index is 1.67. The van der Waals surface area contributed by atoms with E-state index in [2.05, 4.69) is 26.6 Å². The normalized spacial score (nSPS) is 38.3. The van der Waals surface area contributed by atoms with Crippen LogP contribution in [0.4, 0.5) is 0 Å². The van der Waals surface area contributed by atoms with Crippen LogP contribution in [0, 0.1) is 11.8 Å². The second-order valence-electron chi connectivity index (χ2n) is 9.58. The first-order valence-electron chi connectivity index (χ1n) is 11.7. The largest absolute Gasteiger partial charge is 0.394 e. The number of carbonyl (C=O) groups excluding carboxylic acids is 3. The lowest BCUT2D eigenvalue weighted by Crippen LogP contribution is -2.58. The minimum atomic E-state index is -0.659. The maximum atomic E-state index is 13.7. The number of rotatable bonds is 7. The monoisotopic (exact) mass is 515 g/mol. The molecule has 7 atom stereocenters. The van der Waals surface area contributed by atoms with Crippen LogP contribution in [-0.2, 0) is 14.4 Å². The predicted molar refractivity (Wildman–Crippen MR) is 124 cm³/mol. The number of amides is 3. The van der Waals surface area contributed by atoms with Gasteiger partial charge in [0.1, 0.15) is 6.04 Å². The summed E-state index contributed by atoms with van der Waals surface area (Å²) in [5.41, 5.74) is 0. The smallest absolute Gasteiger partial charge is 0.244 e. The van der Waals surface area contributed by atoms with Crippen LogP contribution in [0.25, 0.3) is 0 Å². The van der Waals surface area contributed by atoms with Crippen molar-refractivity contribution in [1.82, 2.24) is 15.5 Å². The summed E-state index contributed by atoms with van der Waals surface area (Å²) in [7, 11) is 0. The molecule has 2 bridgehead atoms. The molecule has 7 nitrogen and oxygen atoms in total. The quantitative estimate of drug-likeness (QED) is 0.449. The summed E-state index contributed by atoms with van der Waals surface area (Å²) in [6.07, 6.45) is 6.86. The van der Waals surface area contributed by atoms with E-state index >= 15 is 0 Å². The number of carbonyl (C=O) groups is 3. The minimum absolute atomic E-state index is 0.0256. The van der Waals surface area contributed by atoms with E-state index in [0.717, 1.165) is 32.1 Å². The number of nitrogens with one attached hydrogen (secondary N) is 2. The molecule has 31 heavy (non-hydrogen) atoms. The summed E-state index contributed by atoms with van der Waals surface area (Å²) in [4.78, 5) is 42.1. The number of hydrogen-bond acceptors (Lipinski definition) is 5. The average Bonchev–Trinajstić information content (AvgIpc) is 3.35. The van der Waals surface area contributed by atoms with E-state index in [9.17, 15) is 19.5 Å². The summed E-state index contributed by atoms with van der Waals surface area (Å²) < 4.78 is -0.633. The molecule has 3 heterocycles. The lowest BCUT2D eigenvalue weighted by molar-refractivity contribution is -0.142. The molecule has 1 spiro atoms. The predicted octanol–water partition coefficient (Wildman–Crippen LogP) is 1.81. The molecule has 3 N–H and O–H groups in total. The van der Waals surface area contributed by atoms with E-state index in [4.69, 9.17) is 0 Å². The van der Waals surface area contributed by atoms with Gasteiger partial charge >= 0.3 is 0 Å². The van der Waals surface area contributed by atoms with Gasteiger partial charge in [-0.3, -0.25) is 14.4 Å². The molecule has 4 fully saturated rings. The molecule has 4 aliphatic rings. The molecule has 0 aromatic rings. The van der Waals surface area contributed by atoms with Gasteiger partial charge in [0.05, 0.1) is 29.2 Å². The highest BCUT2D eigenvalue weighted by atomic mass is 79.9. The SMILES string of the molecule is CCCNC(=O)[C@H]1[C@@H]2SC3(CC2Br)C(C(=O)NC2CCCCC2)N([C@H](C)CO)C(=O)[C@H]13. The van der Waals surface area contributed by atoms with Gasteiger partial charge in [0.25, 0.3) is 0 Å². The van der Waals surface area contributed by atoms with Crippen molar-refractivity contribution < 1.29 is 19.5 Å². The van der Waals surface area contributed by atoms with Gasteiger partial charge in [0.2, 0.25) is 17.7 Å². The Morgan fingerprint density at radius 3 is 2.65 bits per heavy atom. The molecular formula is C22H34BrN3O4S. The lowest BCUT2D eigenvalue weighted by Gasteiger charge is -2.37. The molecule has 0 radical (unpaired) electrons. The van der Waals surface area contributed by atoms with Gasteiger partial charge in [-0.25, -0.2) is 0 Å². The highest BCUT2D eigenvalue weighted by Gasteiger charge is 2.76. The number of aliphatic hydroxyl groups excluding tert-OH is 1. The highest BCUT2D eigenvalue weighted by molar-refractivity contribution is 9.09. The zero-order chi connectivity index (χ0) is 22.3. The number of halogens is 1. The summed E-state index contributed by atoms with van der Waals surface area (Å²) in [6.45, 7) is 4.16. The summed E-state index contributed by atoms with van der Waals surface area (Å²) in [5.74, 6) is -1.34. The van der Waals surface area contributed by atoms with E-state index in [0.29, 0.717) is 13.0 Å². The molecule has 3 unspecified atom stereocenters. The van der Waals surface area contributed by atoms with Gasteiger partial charge < -0.3 is 20.6 Å². The standard InChI is InChI=1S/C22H34BrN3O4S/c1-3-9-24-19(28)15-16-21(30)26(12(2)11-27)18(22(16)10-14(23)17(15)31-22)20(29)25-13-7-5-4-6-8-13/h12-18,27H,3-11H2,1-2H3,(H,24,28)(H,25,29)/t12-,14?,15-,16+,17-,18?,22?/m1/s1. The molecule has 0 aromatic carbocycles. The fraction of sp³-hybridized carbons (Fsp3) is 0.864. The van der Waals surface area contributed by atoms with Gasteiger partial charge in [-0.05, 0) is 32.6 Å². The summed E-state index contributed by atoms with van der Waals surface area (Å²) in [6, 6.07) is -0.986. The van der Waals surface area contributed by atoms with Crippen LogP contribution < -0.4 is 10.6 Å². The number of likely N-dealkylation sites (tertiary alicyclic amines) is 1. The Bertz CT molecular complexity index is 734. The molecule has 9 heteroatoms. The van der Waals surface area contributed by atoms with Gasteiger partial charge in [-0.2, -0.15) is 0 Å². The third kappa shape index (κ3) is 3.82. The Morgan fingerprint density at radius 2 is 2.00 bits per heavy atom. The molecule has 3 saturated heterocycles. The maximum Gasteiger partial charge on any atom is 0.244 e. The van der Waals surface area contributed by atoms with Crippen LogP contribution in [0.1, 0.15) is 58.8 Å². The van der Waals surface area contributed by atoms with E-state index < -0.39 is 28.7 Å². The number of aliphatic hydroxyl groups is 1. The van der Waals surface area contributed by atoms with E-state index in [1.807, 2.05) is 6.92 Å². The third-order valence-corrected chi connectivity index (χ3v) is 10.7. The third-order valence-electron chi connectivity index (χ3n) is 7.52. The first-order valence-corrected chi connectivity index (χ1v) is 13.5. The van der Waals surface area contributed by atoms with Crippen LogP contribution in [0.15, 0.2) is 0 Å². The van der Waals surface area contributed by atoms with Crippen molar-refractivity contribution in [3.63, 3.8) is 0 Å². The fourth-order valence-corrected chi connectivity index (χ4v) is 9.72. The Hall–Kier alpha value is -0.800. The van der Waals surface area contributed by atoms with E-state index in [1.54, 1.807) is 23.6 Å². The fourth-order valence-electron chi connectivity index (χ4n) is 6.12. The van der Waals surface area contributed by atoms with Crippen molar-refractivity contribution >= 4 is 45.4 Å². The summed E-state index contributed by atoms with van der Waals surface area (Å²) in [5, 5.41) is 16.1. The first-order chi connectivity index (χ1) is 14.9. The maximum absolute atomic E-state index is 13.7. The Morgan fingerprint density at radius 1 is 1.29 bits per heavy atom. The molecule has 4 rings (SSSR count). The van der Waals surface area contributed by atoms with Crippen molar-refractivity contribution in [1.29, 1.82) is 0 Å². The molecule has 174 valence electrons. The topological polar surface area (TPSA) is 98.7 Å². The number of nitrogens with zero attached hydrogens (tertiary/aromatic N) is 1. The second-order valence-corrected chi connectivity index (χ2v) is 12.3. The Kier molecular flexibility index (Phi) is 6.94. The molecule has 3 amide bonds. The van der Waals surface area contributed by atoms with Crippen molar-refractivity contribution in [2.75, 3.05) is 13.2 Å². The van der Waals surface area contributed by atoms with Crippen LogP contribution in [0.5, 0.6) is 0 Å². The van der Waals surface area contributed by atoms with Gasteiger partial charge in [-0.15, -0.1) is 11.8 Å². The first kappa shape index (κ1) is 23.4.